The Morgan fingerprint density at radius 3 is 2.27 bits per heavy atom. The lowest BCUT2D eigenvalue weighted by atomic mass is 10.2. The maximum absolute atomic E-state index is 5.60. The molecule has 1 aromatic rings. The predicted octanol–water partition coefficient (Wildman–Crippen LogP) is 2.31. The van der Waals surface area contributed by atoms with Crippen LogP contribution in [0.2, 0.25) is 0 Å². The molecule has 58 valence electrons. The molecule has 0 radical (unpaired) electrons. The van der Waals surface area contributed by atoms with E-state index in [1.165, 1.54) is 0 Å². The smallest absolute Gasteiger partial charge is 0.153 e. The molecule has 0 aliphatic heterocycles. The van der Waals surface area contributed by atoms with Gasteiger partial charge in [0.1, 0.15) is 5.69 Å². The molecule has 0 aliphatic carbocycles. The number of hydrogen-bond acceptors (Lipinski definition) is 3. The largest absolute Gasteiger partial charge is 0.243 e. The van der Waals surface area contributed by atoms with Crippen molar-refractivity contribution in [3.8, 4) is 0 Å². The van der Waals surface area contributed by atoms with Crippen LogP contribution in [0.5, 0.6) is 0 Å². The molecule has 3 nitrogen and oxygen atoms in total. The molecule has 0 amide bonds. The Balaban J connectivity index is 3.16. The van der Waals surface area contributed by atoms with Crippen LogP contribution < -0.4 is 0 Å². The summed E-state index contributed by atoms with van der Waals surface area (Å²) in [7, 11) is 0. The van der Waals surface area contributed by atoms with Gasteiger partial charge >= 0.3 is 0 Å². The van der Waals surface area contributed by atoms with Gasteiger partial charge in [-0.1, -0.05) is 24.8 Å². The molecular weight excluding hydrogens is 164 g/mol. The molecular formula is C7H7ClN2O. The molecule has 4 heteroatoms. The Kier molecular flexibility index (Phi) is 2.10. The van der Waals surface area contributed by atoms with E-state index in [0.717, 1.165) is 5.57 Å². The molecule has 0 saturated heterocycles. The minimum absolute atomic E-state index is 0.309. The van der Waals surface area contributed by atoms with Crippen LogP contribution in [-0.2, 0) is 0 Å². The molecule has 1 aromatic heterocycles. The third-order valence-electron chi connectivity index (χ3n) is 1.15. The van der Waals surface area contributed by atoms with Crippen molar-refractivity contribution in [1.82, 2.24) is 10.3 Å². The number of allylic oxidation sites excluding steroid dienone is 1. The van der Waals surface area contributed by atoms with Gasteiger partial charge in [0.05, 0.1) is 5.03 Å². The Hall–Kier alpha value is -1.09. The third-order valence-corrected chi connectivity index (χ3v) is 1.33. The summed E-state index contributed by atoms with van der Waals surface area (Å²) in [4.78, 5) is 0. The Morgan fingerprint density at radius 2 is 1.91 bits per heavy atom. The average molecular weight is 171 g/mol. The predicted molar refractivity (Wildman–Crippen MR) is 43.9 cm³/mol. The maximum Gasteiger partial charge on any atom is 0.153 e. The van der Waals surface area contributed by atoms with Crippen LogP contribution in [0.1, 0.15) is 18.3 Å². The Morgan fingerprint density at radius 1 is 1.36 bits per heavy atom. The molecule has 0 aliphatic rings. The fourth-order valence-electron chi connectivity index (χ4n) is 0.647. The van der Waals surface area contributed by atoms with E-state index in [0.29, 0.717) is 16.4 Å². The highest BCUT2D eigenvalue weighted by Crippen LogP contribution is 2.21. The van der Waals surface area contributed by atoms with Gasteiger partial charge in [0.15, 0.2) is 5.69 Å². The number of aromatic nitrogens is 2. The van der Waals surface area contributed by atoms with Crippen molar-refractivity contribution >= 4 is 22.2 Å². The van der Waals surface area contributed by atoms with Crippen LogP contribution in [0.15, 0.2) is 17.8 Å². The number of halogens is 1. The fraction of sp³-hybridized carbons (Fsp3) is 0.143. The quantitative estimate of drug-likeness (QED) is 0.684. The van der Waals surface area contributed by atoms with E-state index in [1.54, 1.807) is 6.92 Å². The Bertz CT molecular complexity index is 275. The standard InChI is InChI=1S/C7H7ClN2O/c1-4(2)6-7(5(3)8)10-11-9-6/h1,3H2,2H3. The third kappa shape index (κ3) is 1.49. The second-order valence-electron chi connectivity index (χ2n) is 2.15. The van der Waals surface area contributed by atoms with Gasteiger partial charge in [-0.15, -0.1) is 0 Å². The van der Waals surface area contributed by atoms with Gasteiger partial charge in [-0.2, -0.15) is 0 Å². The monoisotopic (exact) mass is 170 g/mol. The Labute approximate surface area is 69.3 Å². The lowest BCUT2D eigenvalue weighted by Gasteiger charge is -1.92. The van der Waals surface area contributed by atoms with Gasteiger partial charge in [-0.25, -0.2) is 4.63 Å². The molecule has 0 spiro atoms. The maximum atomic E-state index is 5.60. The lowest BCUT2D eigenvalue weighted by molar-refractivity contribution is 0.305. The normalized spacial score (nSPS) is 9.64. The highest BCUT2D eigenvalue weighted by Gasteiger charge is 2.11. The van der Waals surface area contributed by atoms with Crippen LogP contribution >= 0.6 is 11.6 Å². The van der Waals surface area contributed by atoms with Crippen LogP contribution in [-0.4, -0.2) is 10.3 Å². The molecule has 0 bridgehead atoms. The van der Waals surface area contributed by atoms with E-state index in [2.05, 4.69) is 28.1 Å². The van der Waals surface area contributed by atoms with E-state index in [4.69, 9.17) is 11.6 Å². The number of hydrogen-bond donors (Lipinski definition) is 0. The van der Waals surface area contributed by atoms with Crippen molar-refractivity contribution in [2.75, 3.05) is 0 Å². The van der Waals surface area contributed by atoms with Crippen LogP contribution in [0, 0.1) is 0 Å². The van der Waals surface area contributed by atoms with Crippen LogP contribution in [0.25, 0.3) is 10.6 Å². The average Bonchev–Trinajstić information content (AvgIpc) is 2.32. The summed E-state index contributed by atoms with van der Waals surface area (Å²) >= 11 is 5.60. The van der Waals surface area contributed by atoms with Gasteiger partial charge < -0.3 is 0 Å². The first-order valence-electron chi connectivity index (χ1n) is 2.96. The summed E-state index contributed by atoms with van der Waals surface area (Å²) in [5.41, 5.74) is 1.77. The molecule has 0 atom stereocenters. The first-order valence-corrected chi connectivity index (χ1v) is 3.34. The summed E-state index contributed by atoms with van der Waals surface area (Å²) in [6, 6.07) is 0. The molecule has 0 aromatic carbocycles. The molecule has 1 heterocycles. The van der Waals surface area contributed by atoms with Gasteiger partial charge in [0, 0.05) is 0 Å². The topological polar surface area (TPSA) is 38.9 Å². The van der Waals surface area contributed by atoms with Crippen molar-refractivity contribution in [3.05, 3.63) is 24.5 Å². The summed E-state index contributed by atoms with van der Waals surface area (Å²) in [5, 5.41) is 7.47. The summed E-state index contributed by atoms with van der Waals surface area (Å²) in [5.74, 6) is 0. The molecule has 0 saturated carbocycles. The first-order chi connectivity index (χ1) is 5.13. The fourth-order valence-corrected chi connectivity index (χ4v) is 0.771. The van der Waals surface area contributed by atoms with Gasteiger partial charge in [0.2, 0.25) is 0 Å². The van der Waals surface area contributed by atoms with E-state index in [1.807, 2.05) is 0 Å². The minimum atomic E-state index is 0.309. The molecule has 0 unspecified atom stereocenters. The van der Waals surface area contributed by atoms with E-state index in [9.17, 15) is 0 Å². The zero-order valence-electron chi connectivity index (χ0n) is 6.09. The zero-order valence-corrected chi connectivity index (χ0v) is 6.85. The first kappa shape index (κ1) is 8.01. The van der Waals surface area contributed by atoms with Crippen molar-refractivity contribution in [2.24, 2.45) is 0 Å². The van der Waals surface area contributed by atoms with Gasteiger partial charge in [-0.3, -0.25) is 0 Å². The van der Waals surface area contributed by atoms with Crippen molar-refractivity contribution < 1.29 is 4.63 Å². The minimum Gasteiger partial charge on any atom is -0.243 e. The van der Waals surface area contributed by atoms with Crippen LogP contribution in [0.3, 0.4) is 0 Å². The van der Waals surface area contributed by atoms with Crippen molar-refractivity contribution in [1.29, 1.82) is 0 Å². The molecule has 0 fully saturated rings. The highest BCUT2D eigenvalue weighted by atomic mass is 35.5. The van der Waals surface area contributed by atoms with Gasteiger partial charge in [0.25, 0.3) is 0 Å². The second-order valence-corrected chi connectivity index (χ2v) is 2.60. The van der Waals surface area contributed by atoms with Crippen molar-refractivity contribution in [3.63, 3.8) is 0 Å². The molecule has 0 N–H and O–H groups in total. The lowest BCUT2D eigenvalue weighted by Crippen LogP contribution is -1.84. The van der Waals surface area contributed by atoms with Crippen molar-refractivity contribution in [2.45, 2.75) is 6.92 Å². The zero-order chi connectivity index (χ0) is 8.43. The molecule has 1 rings (SSSR count). The van der Waals surface area contributed by atoms with Gasteiger partial charge in [-0.05, 0) is 22.8 Å². The summed E-state index contributed by atoms with van der Waals surface area (Å²) in [6.45, 7) is 8.98. The number of rotatable bonds is 2. The molecule has 11 heavy (non-hydrogen) atoms. The van der Waals surface area contributed by atoms with Crippen LogP contribution in [0.4, 0.5) is 0 Å². The van der Waals surface area contributed by atoms with E-state index < -0.39 is 0 Å². The summed E-state index contributed by atoms with van der Waals surface area (Å²) in [6.07, 6.45) is 0. The van der Waals surface area contributed by atoms with E-state index in [-0.39, 0.29) is 0 Å². The van der Waals surface area contributed by atoms with E-state index >= 15 is 0 Å². The SMILES string of the molecule is C=C(C)c1nonc1C(=C)Cl. The second kappa shape index (κ2) is 2.88. The number of nitrogens with zero attached hydrogens (tertiary/aromatic N) is 2. The highest BCUT2D eigenvalue weighted by molar-refractivity contribution is 6.48. The summed E-state index contributed by atoms with van der Waals surface area (Å²) < 4.78 is 4.46.